The fraction of sp³-hybridized carbons (Fsp3) is 0.467. The van der Waals surface area contributed by atoms with Gasteiger partial charge in [-0.1, -0.05) is 12.1 Å². The first-order chi connectivity index (χ1) is 11.1. The number of hydrogen-bond acceptors (Lipinski definition) is 7. The lowest BCUT2D eigenvalue weighted by molar-refractivity contribution is -0.0245. The van der Waals surface area contributed by atoms with E-state index < -0.39 is 0 Å². The number of carbonyl (C=O) groups excluding carboxylic acids is 1. The van der Waals surface area contributed by atoms with Crippen LogP contribution in [0.25, 0.3) is 0 Å². The molecule has 1 atom stereocenters. The largest absolute Gasteiger partial charge is 0.382 e. The van der Waals surface area contributed by atoms with Gasteiger partial charge in [0.2, 0.25) is 0 Å². The number of morpholine rings is 1. The average molecular weight is 317 g/mol. The normalized spacial score (nSPS) is 18.2. The summed E-state index contributed by atoms with van der Waals surface area (Å²) in [6.45, 7) is 4.98. The maximum Gasteiger partial charge on any atom is 0.259 e. The maximum atomic E-state index is 12.8. The van der Waals surface area contributed by atoms with Gasteiger partial charge in [0, 0.05) is 18.9 Å². The SMILES string of the molecule is CCc1noc(C)c1C(=O)N1CCO[C@@H](c2nccnc2N)C1. The molecule has 1 aliphatic rings. The van der Waals surface area contributed by atoms with Crippen LogP contribution in [-0.4, -0.2) is 45.6 Å². The van der Waals surface area contributed by atoms with Crippen molar-refractivity contribution in [1.82, 2.24) is 20.0 Å². The van der Waals surface area contributed by atoms with Crippen LogP contribution in [0.5, 0.6) is 0 Å². The van der Waals surface area contributed by atoms with Gasteiger partial charge in [-0.2, -0.15) is 0 Å². The highest BCUT2D eigenvalue weighted by molar-refractivity contribution is 5.96. The molecule has 8 nitrogen and oxygen atoms in total. The zero-order valence-corrected chi connectivity index (χ0v) is 13.2. The number of nitrogens with two attached hydrogens (primary N) is 1. The monoisotopic (exact) mass is 317 g/mol. The van der Waals surface area contributed by atoms with Crippen LogP contribution in [0.2, 0.25) is 0 Å². The number of aromatic nitrogens is 3. The summed E-state index contributed by atoms with van der Waals surface area (Å²) >= 11 is 0. The van der Waals surface area contributed by atoms with E-state index in [0.717, 1.165) is 0 Å². The predicted molar refractivity (Wildman–Crippen MR) is 81.7 cm³/mol. The van der Waals surface area contributed by atoms with Gasteiger partial charge in [-0.05, 0) is 13.3 Å². The molecule has 2 N–H and O–H groups in total. The van der Waals surface area contributed by atoms with Crippen LogP contribution >= 0.6 is 0 Å². The van der Waals surface area contributed by atoms with Crippen molar-refractivity contribution in [2.24, 2.45) is 0 Å². The van der Waals surface area contributed by atoms with Crippen molar-refractivity contribution in [3.8, 4) is 0 Å². The molecule has 0 spiro atoms. The molecule has 0 aliphatic carbocycles. The van der Waals surface area contributed by atoms with E-state index in [4.69, 9.17) is 15.0 Å². The topological polar surface area (TPSA) is 107 Å². The number of rotatable bonds is 3. The second-order valence-electron chi connectivity index (χ2n) is 5.35. The Hall–Kier alpha value is -2.48. The van der Waals surface area contributed by atoms with E-state index in [0.29, 0.717) is 54.6 Å². The van der Waals surface area contributed by atoms with Gasteiger partial charge in [0.15, 0.2) is 0 Å². The van der Waals surface area contributed by atoms with Gasteiger partial charge in [-0.3, -0.25) is 9.78 Å². The Balaban J connectivity index is 1.82. The first-order valence-electron chi connectivity index (χ1n) is 7.54. The predicted octanol–water partition coefficient (Wildman–Crippen LogP) is 1.13. The van der Waals surface area contributed by atoms with Gasteiger partial charge < -0.3 is 19.9 Å². The molecule has 0 unspecified atom stereocenters. The molecule has 0 aromatic carbocycles. The highest BCUT2D eigenvalue weighted by Crippen LogP contribution is 2.26. The summed E-state index contributed by atoms with van der Waals surface area (Å²) in [6, 6.07) is 0. The van der Waals surface area contributed by atoms with Crippen LogP contribution in [-0.2, 0) is 11.2 Å². The van der Waals surface area contributed by atoms with E-state index in [1.54, 1.807) is 18.0 Å². The fourth-order valence-corrected chi connectivity index (χ4v) is 2.70. The molecule has 0 saturated carbocycles. The summed E-state index contributed by atoms with van der Waals surface area (Å²) in [5, 5.41) is 3.95. The van der Waals surface area contributed by atoms with Gasteiger partial charge in [-0.15, -0.1) is 0 Å². The molecule has 23 heavy (non-hydrogen) atoms. The summed E-state index contributed by atoms with van der Waals surface area (Å²) in [6.07, 6.45) is 3.35. The molecule has 1 amide bonds. The lowest BCUT2D eigenvalue weighted by Crippen LogP contribution is -2.43. The zero-order valence-electron chi connectivity index (χ0n) is 13.2. The molecule has 1 saturated heterocycles. The molecule has 1 fully saturated rings. The Kier molecular flexibility index (Phi) is 4.24. The number of ether oxygens (including phenoxy) is 1. The Morgan fingerprint density at radius 1 is 1.43 bits per heavy atom. The van der Waals surface area contributed by atoms with Crippen molar-refractivity contribution in [3.05, 3.63) is 35.1 Å². The quantitative estimate of drug-likeness (QED) is 0.904. The Morgan fingerprint density at radius 2 is 2.22 bits per heavy atom. The zero-order chi connectivity index (χ0) is 16.4. The Bertz CT molecular complexity index is 715. The molecule has 122 valence electrons. The van der Waals surface area contributed by atoms with Gasteiger partial charge in [0.05, 0.1) is 18.8 Å². The molecule has 0 bridgehead atoms. The number of carbonyl (C=O) groups is 1. The van der Waals surface area contributed by atoms with E-state index in [9.17, 15) is 4.79 Å². The van der Waals surface area contributed by atoms with Crippen LogP contribution < -0.4 is 5.73 Å². The third-order valence-corrected chi connectivity index (χ3v) is 3.90. The van der Waals surface area contributed by atoms with E-state index in [-0.39, 0.29) is 12.0 Å². The molecule has 8 heteroatoms. The van der Waals surface area contributed by atoms with Crippen molar-refractivity contribution in [2.75, 3.05) is 25.4 Å². The Morgan fingerprint density at radius 3 is 2.96 bits per heavy atom. The van der Waals surface area contributed by atoms with Gasteiger partial charge >= 0.3 is 0 Å². The number of nitrogens with zero attached hydrogens (tertiary/aromatic N) is 4. The second kappa shape index (κ2) is 6.33. The number of anilines is 1. The minimum Gasteiger partial charge on any atom is -0.382 e. The standard InChI is InChI=1S/C15H19N5O3/c1-3-10-12(9(2)23-19-10)15(21)20-6-7-22-11(8-20)13-14(16)18-5-4-17-13/h4-5,11H,3,6-8H2,1-2H3,(H2,16,18)/t11-/m1/s1. The van der Waals surface area contributed by atoms with Crippen LogP contribution in [0, 0.1) is 6.92 Å². The molecule has 3 rings (SSSR count). The van der Waals surface area contributed by atoms with E-state index in [2.05, 4.69) is 15.1 Å². The molecule has 0 radical (unpaired) electrons. The first-order valence-corrected chi connectivity index (χ1v) is 7.54. The molecular weight excluding hydrogens is 298 g/mol. The number of aryl methyl sites for hydroxylation is 2. The molecule has 2 aromatic heterocycles. The highest BCUT2D eigenvalue weighted by Gasteiger charge is 2.31. The van der Waals surface area contributed by atoms with Gasteiger partial charge in [0.25, 0.3) is 5.91 Å². The Labute approximate surface area is 133 Å². The van der Waals surface area contributed by atoms with Crippen LogP contribution in [0.1, 0.15) is 40.5 Å². The van der Waals surface area contributed by atoms with Crippen LogP contribution in [0.3, 0.4) is 0 Å². The highest BCUT2D eigenvalue weighted by atomic mass is 16.5. The molecule has 3 heterocycles. The van der Waals surface area contributed by atoms with E-state index in [1.165, 1.54) is 6.20 Å². The third-order valence-electron chi connectivity index (χ3n) is 3.90. The van der Waals surface area contributed by atoms with Crippen LogP contribution in [0.4, 0.5) is 5.82 Å². The summed E-state index contributed by atoms with van der Waals surface area (Å²) in [7, 11) is 0. The van der Waals surface area contributed by atoms with Crippen molar-refractivity contribution in [3.63, 3.8) is 0 Å². The average Bonchev–Trinajstić information content (AvgIpc) is 2.95. The molecular formula is C15H19N5O3. The summed E-state index contributed by atoms with van der Waals surface area (Å²) in [5.74, 6) is 0.757. The molecule has 1 aliphatic heterocycles. The summed E-state index contributed by atoms with van der Waals surface area (Å²) in [4.78, 5) is 22.8. The third kappa shape index (κ3) is 2.89. The number of amides is 1. The maximum absolute atomic E-state index is 12.8. The lowest BCUT2D eigenvalue weighted by Gasteiger charge is -2.32. The number of hydrogen-bond donors (Lipinski definition) is 1. The smallest absolute Gasteiger partial charge is 0.259 e. The van der Waals surface area contributed by atoms with Crippen molar-refractivity contribution in [2.45, 2.75) is 26.4 Å². The van der Waals surface area contributed by atoms with Crippen molar-refractivity contribution < 1.29 is 14.1 Å². The summed E-state index contributed by atoms with van der Waals surface area (Å²) < 4.78 is 10.9. The van der Waals surface area contributed by atoms with Crippen LogP contribution in [0.15, 0.2) is 16.9 Å². The van der Waals surface area contributed by atoms with E-state index >= 15 is 0 Å². The molecule has 2 aromatic rings. The minimum absolute atomic E-state index is 0.101. The second-order valence-corrected chi connectivity index (χ2v) is 5.35. The van der Waals surface area contributed by atoms with Crippen molar-refractivity contribution >= 4 is 11.7 Å². The number of nitrogen functional groups attached to an aromatic ring is 1. The summed E-state index contributed by atoms with van der Waals surface area (Å²) in [5.41, 5.74) is 7.63. The van der Waals surface area contributed by atoms with Gasteiger partial charge in [0.1, 0.15) is 28.9 Å². The lowest BCUT2D eigenvalue weighted by atomic mass is 10.1. The van der Waals surface area contributed by atoms with Crippen molar-refractivity contribution in [1.29, 1.82) is 0 Å². The minimum atomic E-state index is -0.383. The fourth-order valence-electron chi connectivity index (χ4n) is 2.70. The first kappa shape index (κ1) is 15.4. The van der Waals surface area contributed by atoms with Gasteiger partial charge in [-0.25, -0.2) is 4.98 Å². The van der Waals surface area contributed by atoms with E-state index in [1.807, 2.05) is 6.92 Å².